The molecule has 0 unspecified atom stereocenters. The molecule has 9 heteroatoms. The summed E-state index contributed by atoms with van der Waals surface area (Å²) in [6.07, 6.45) is 2.25. The van der Waals surface area contributed by atoms with Gasteiger partial charge in [0.25, 0.3) is 11.8 Å². The molecule has 2 aromatic heterocycles. The number of carbonyl (C=O) groups excluding carboxylic acids is 2. The Morgan fingerprint density at radius 1 is 1.25 bits per heavy atom. The Balaban J connectivity index is 1.78. The van der Waals surface area contributed by atoms with Gasteiger partial charge in [-0.15, -0.1) is 0 Å². The summed E-state index contributed by atoms with van der Waals surface area (Å²) in [5.41, 5.74) is 2.31. The van der Waals surface area contributed by atoms with E-state index in [9.17, 15) is 9.59 Å². The molecule has 3 N–H and O–H groups in total. The van der Waals surface area contributed by atoms with E-state index in [1.165, 1.54) is 10.9 Å². The van der Waals surface area contributed by atoms with E-state index in [2.05, 4.69) is 25.9 Å². The molecule has 0 radical (unpaired) electrons. The predicted octanol–water partition coefficient (Wildman–Crippen LogP) is 2.21. The minimum absolute atomic E-state index is 0.265. The Bertz CT molecular complexity index is 991. The second kappa shape index (κ2) is 8.38. The molecule has 0 bridgehead atoms. The molecule has 0 aliphatic carbocycles. The minimum Gasteiger partial charge on any atom is -0.497 e. The van der Waals surface area contributed by atoms with Gasteiger partial charge in [0, 0.05) is 19.2 Å². The summed E-state index contributed by atoms with van der Waals surface area (Å²) in [7, 11) is 3.23. The molecule has 0 saturated carbocycles. The third-order valence-corrected chi connectivity index (χ3v) is 4.13. The van der Waals surface area contributed by atoms with E-state index >= 15 is 0 Å². The maximum absolute atomic E-state index is 12.6. The monoisotopic (exact) mass is 382 g/mol. The number of hydrogen-bond acceptors (Lipinski definition) is 5. The van der Waals surface area contributed by atoms with Crippen molar-refractivity contribution < 1.29 is 14.3 Å². The summed E-state index contributed by atoms with van der Waals surface area (Å²) >= 11 is 0. The highest BCUT2D eigenvalue weighted by molar-refractivity contribution is 6.07. The van der Waals surface area contributed by atoms with Gasteiger partial charge in [0.1, 0.15) is 17.1 Å². The molecule has 0 atom stereocenters. The molecule has 9 nitrogen and oxygen atoms in total. The van der Waals surface area contributed by atoms with Gasteiger partial charge in [-0.05, 0) is 24.6 Å². The molecule has 2 heterocycles. The molecular weight excluding hydrogens is 360 g/mol. The summed E-state index contributed by atoms with van der Waals surface area (Å²) in [6.45, 7) is 2.51. The van der Waals surface area contributed by atoms with Crippen LogP contribution in [0.15, 0.2) is 36.5 Å². The molecule has 0 aliphatic heterocycles. The van der Waals surface area contributed by atoms with Crippen LogP contribution in [0.5, 0.6) is 5.75 Å². The van der Waals surface area contributed by atoms with Crippen LogP contribution in [-0.4, -0.2) is 45.4 Å². The van der Waals surface area contributed by atoms with E-state index in [0.29, 0.717) is 23.7 Å². The lowest BCUT2D eigenvalue weighted by atomic mass is 10.1. The molecule has 3 rings (SSSR count). The van der Waals surface area contributed by atoms with Crippen molar-refractivity contribution in [2.45, 2.75) is 13.3 Å². The number of ether oxygens (including phenoxy) is 1. The molecule has 1 aromatic carbocycles. The maximum Gasteiger partial charge on any atom is 0.273 e. The van der Waals surface area contributed by atoms with Gasteiger partial charge in [0.15, 0.2) is 0 Å². The Morgan fingerprint density at radius 2 is 2.07 bits per heavy atom. The van der Waals surface area contributed by atoms with Crippen LogP contribution in [0.25, 0.3) is 11.3 Å². The van der Waals surface area contributed by atoms with E-state index in [4.69, 9.17) is 4.74 Å². The summed E-state index contributed by atoms with van der Waals surface area (Å²) in [5.74, 6) is -0.0115. The number of anilines is 1. The molecule has 3 aromatic rings. The fraction of sp³-hybridized carbons (Fsp3) is 0.263. The second-order valence-corrected chi connectivity index (χ2v) is 6.14. The smallest absolute Gasteiger partial charge is 0.273 e. The third-order valence-electron chi connectivity index (χ3n) is 4.13. The minimum atomic E-state index is -0.417. The summed E-state index contributed by atoms with van der Waals surface area (Å²) in [5, 5.41) is 16.5. The number of aromatic nitrogens is 4. The highest BCUT2D eigenvalue weighted by atomic mass is 16.5. The largest absolute Gasteiger partial charge is 0.497 e. The molecule has 146 valence electrons. The number of methoxy groups -OCH3 is 1. The van der Waals surface area contributed by atoms with Crippen LogP contribution in [0.1, 0.15) is 34.3 Å². The lowest BCUT2D eigenvalue weighted by molar-refractivity contribution is 0.0945. The molecule has 2 amide bonds. The van der Waals surface area contributed by atoms with Crippen LogP contribution in [0.4, 0.5) is 5.69 Å². The zero-order valence-corrected chi connectivity index (χ0v) is 15.9. The number of aryl methyl sites for hydroxylation is 1. The first kappa shape index (κ1) is 19.2. The van der Waals surface area contributed by atoms with E-state index in [1.807, 2.05) is 31.2 Å². The molecule has 0 saturated heterocycles. The zero-order chi connectivity index (χ0) is 20.1. The fourth-order valence-corrected chi connectivity index (χ4v) is 2.68. The van der Waals surface area contributed by atoms with Crippen molar-refractivity contribution in [3.63, 3.8) is 0 Å². The lowest BCUT2D eigenvalue weighted by Crippen LogP contribution is -2.27. The highest BCUT2D eigenvalue weighted by Gasteiger charge is 2.20. The Morgan fingerprint density at radius 3 is 2.82 bits per heavy atom. The number of H-pyrrole nitrogens is 1. The van der Waals surface area contributed by atoms with Gasteiger partial charge in [0.05, 0.1) is 24.7 Å². The van der Waals surface area contributed by atoms with Crippen LogP contribution in [0.3, 0.4) is 0 Å². The first-order valence-electron chi connectivity index (χ1n) is 8.84. The average molecular weight is 382 g/mol. The van der Waals surface area contributed by atoms with Crippen LogP contribution in [0.2, 0.25) is 0 Å². The summed E-state index contributed by atoms with van der Waals surface area (Å²) < 4.78 is 6.64. The van der Waals surface area contributed by atoms with Gasteiger partial charge in [0.2, 0.25) is 0 Å². The number of nitrogens with zero attached hydrogens (tertiary/aromatic N) is 3. The number of nitrogens with one attached hydrogen (secondary N) is 3. The molecule has 0 spiro atoms. The van der Waals surface area contributed by atoms with Gasteiger partial charge in [-0.3, -0.25) is 19.4 Å². The number of rotatable bonds is 7. The number of carbonyl (C=O) groups is 2. The zero-order valence-electron chi connectivity index (χ0n) is 15.9. The van der Waals surface area contributed by atoms with Gasteiger partial charge < -0.3 is 15.4 Å². The van der Waals surface area contributed by atoms with Crippen LogP contribution in [0, 0.1) is 0 Å². The Hall–Kier alpha value is -3.62. The van der Waals surface area contributed by atoms with Crippen molar-refractivity contribution in [3.05, 3.63) is 47.9 Å². The Kier molecular flexibility index (Phi) is 5.73. The van der Waals surface area contributed by atoms with E-state index < -0.39 is 5.91 Å². The summed E-state index contributed by atoms with van der Waals surface area (Å²) in [6, 6.07) is 9.01. The molecule has 0 aliphatic rings. The molecular formula is C19H22N6O3. The van der Waals surface area contributed by atoms with Crippen molar-refractivity contribution in [2.75, 3.05) is 19.0 Å². The van der Waals surface area contributed by atoms with Crippen molar-refractivity contribution >= 4 is 17.5 Å². The standard InChI is InChI=1S/C19H22N6O3/c1-4-8-20-19(27)17-16(11-21-25(17)2)22-18(26)15-10-14(23-24-15)12-6-5-7-13(9-12)28-3/h5-7,9-11H,4,8H2,1-3H3,(H,20,27)(H,22,26)(H,23,24). The second-order valence-electron chi connectivity index (χ2n) is 6.14. The number of benzene rings is 1. The van der Waals surface area contributed by atoms with Gasteiger partial charge >= 0.3 is 0 Å². The Labute approximate surface area is 162 Å². The van der Waals surface area contributed by atoms with Crippen LogP contribution < -0.4 is 15.4 Å². The average Bonchev–Trinajstić information content (AvgIpc) is 3.33. The number of hydrogen-bond donors (Lipinski definition) is 3. The predicted molar refractivity (Wildman–Crippen MR) is 104 cm³/mol. The van der Waals surface area contributed by atoms with Crippen molar-refractivity contribution in [1.82, 2.24) is 25.3 Å². The van der Waals surface area contributed by atoms with Crippen molar-refractivity contribution in [3.8, 4) is 17.0 Å². The van der Waals surface area contributed by atoms with E-state index in [0.717, 1.165) is 12.0 Å². The van der Waals surface area contributed by atoms with Crippen molar-refractivity contribution in [2.24, 2.45) is 7.05 Å². The van der Waals surface area contributed by atoms with Gasteiger partial charge in [-0.25, -0.2) is 0 Å². The number of aromatic amines is 1. The van der Waals surface area contributed by atoms with Crippen LogP contribution >= 0.6 is 0 Å². The maximum atomic E-state index is 12.6. The highest BCUT2D eigenvalue weighted by Crippen LogP contribution is 2.23. The normalized spacial score (nSPS) is 10.5. The molecule has 28 heavy (non-hydrogen) atoms. The van der Waals surface area contributed by atoms with E-state index in [1.54, 1.807) is 20.2 Å². The topological polar surface area (TPSA) is 114 Å². The quantitative estimate of drug-likeness (QED) is 0.580. The third kappa shape index (κ3) is 4.03. The van der Waals surface area contributed by atoms with E-state index in [-0.39, 0.29) is 17.3 Å². The lowest BCUT2D eigenvalue weighted by Gasteiger charge is -2.07. The summed E-state index contributed by atoms with van der Waals surface area (Å²) in [4.78, 5) is 24.9. The van der Waals surface area contributed by atoms with Gasteiger partial charge in [-0.2, -0.15) is 10.2 Å². The molecule has 0 fully saturated rings. The first-order valence-corrected chi connectivity index (χ1v) is 8.84. The van der Waals surface area contributed by atoms with Crippen molar-refractivity contribution in [1.29, 1.82) is 0 Å². The SMILES string of the molecule is CCCNC(=O)c1c(NC(=O)c2cc(-c3cccc(OC)c3)n[nH]2)cnn1C. The first-order chi connectivity index (χ1) is 13.5. The fourth-order valence-electron chi connectivity index (χ4n) is 2.68. The van der Waals surface area contributed by atoms with Crippen LogP contribution in [-0.2, 0) is 7.05 Å². The van der Waals surface area contributed by atoms with Gasteiger partial charge in [-0.1, -0.05) is 19.1 Å². The number of amides is 2.